The predicted octanol–water partition coefficient (Wildman–Crippen LogP) is 5.92. The van der Waals surface area contributed by atoms with Gasteiger partial charge in [-0.2, -0.15) is 13.1 Å². The molecule has 1 aromatic carbocycles. The molecule has 1 aromatic heterocycles. The van der Waals surface area contributed by atoms with Crippen molar-refractivity contribution in [2.24, 2.45) is 21.6 Å². The van der Waals surface area contributed by atoms with Crippen LogP contribution < -0.4 is 4.90 Å². The van der Waals surface area contributed by atoms with Crippen LogP contribution in [0.3, 0.4) is 0 Å². The number of hydrogen-bond acceptors (Lipinski definition) is 7. The van der Waals surface area contributed by atoms with Gasteiger partial charge in [-0.05, 0) is 36.6 Å². The van der Waals surface area contributed by atoms with Crippen LogP contribution in [-0.2, 0) is 21.4 Å². The smallest absolute Gasteiger partial charge is 0.373 e. The summed E-state index contributed by atoms with van der Waals surface area (Å²) < 4.78 is 58.2. The zero-order chi connectivity index (χ0) is 23.2. The Hall–Kier alpha value is -3.49. The Morgan fingerprint density at radius 1 is 1.23 bits per heavy atom. The molecule has 0 spiro atoms. The quantitative estimate of drug-likeness (QED) is 0.365. The van der Waals surface area contributed by atoms with Crippen molar-refractivity contribution in [2.45, 2.75) is 19.6 Å². The molecule has 0 N–H and O–H groups in total. The summed E-state index contributed by atoms with van der Waals surface area (Å²) in [6.07, 6.45) is 0. The van der Waals surface area contributed by atoms with Gasteiger partial charge in [0, 0.05) is 18.8 Å². The Bertz CT molecular complexity index is 1190. The number of halogens is 3. The lowest BCUT2D eigenvalue weighted by molar-refractivity contribution is -0.000950. The van der Waals surface area contributed by atoms with Crippen LogP contribution in [0, 0.1) is 13.1 Å². The second-order valence-electron chi connectivity index (χ2n) is 5.82. The van der Waals surface area contributed by atoms with Crippen molar-refractivity contribution in [3.05, 3.63) is 41.0 Å². The van der Waals surface area contributed by atoms with E-state index in [2.05, 4.69) is 33.7 Å². The van der Waals surface area contributed by atoms with Crippen LogP contribution in [0.2, 0.25) is 0 Å². The van der Waals surface area contributed by atoms with Crippen molar-refractivity contribution in [3.8, 4) is 0 Å². The molecule has 2 rings (SSSR count). The van der Waals surface area contributed by atoms with Crippen LogP contribution >= 0.6 is 0 Å². The molecule has 0 saturated heterocycles. The van der Waals surface area contributed by atoms with Gasteiger partial charge < -0.3 is 14.6 Å². The molecule has 31 heavy (non-hydrogen) atoms. The Morgan fingerprint density at radius 2 is 1.90 bits per heavy atom. The van der Waals surface area contributed by atoms with Crippen LogP contribution in [0.15, 0.2) is 32.8 Å². The van der Waals surface area contributed by atoms with Crippen LogP contribution in [0.25, 0.3) is 9.69 Å². The van der Waals surface area contributed by atoms with E-state index in [1.807, 2.05) is 18.7 Å². The molecule has 0 saturated carbocycles. The molecule has 2 aromatic rings. The van der Waals surface area contributed by atoms with Gasteiger partial charge >= 0.3 is 11.7 Å². The summed E-state index contributed by atoms with van der Waals surface area (Å²) in [7, 11) is -3.53. The highest BCUT2D eigenvalue weighted by Crippen LogP contribution is 2.37. The molecule has 164 valence electrons. The molecule has 14 heteroatoms. The largest absolute Gasteiger partial charge is 0.416 e. The average Bonchev–Trinajstić information content (AvgIpc) is 3.08. The SMILES string of the molecule is [C-]#[N+]c1nc(N=Nc2ccc(N(CC)CC)cc2N=S(=O)(OF)C(F)F)n(C)c1[N+]#[C-]. The molecular formula is C17H17F3N8O2S. The van der Waals surface area contributed by atoms with Gasteiger partial charge in [0.05, 0.1) is 7.05 Å². The Morgan fingerprint density at radius 3 is 2.39 bits per heavy atom. The fraction of sp³-hybridized carbons (Fsp3) is 0.353. The van der Waals surface area contributed by atoms with Gasteiger partial charge in [-0.1, -0.05) is 27.6 Å². The Kier molecular flexibility index (Phi) is 7.68. The van der Waals surface area contributed by atoms with E-state index in [9.17, 15) is 17.5 Å². The summed E-state index contributed by atoms with van der Waals surface area (Å²) in [6.45, 7) is 19.0. The maximum absolute atomic E-state index is 13.1. The first-order valence-corrected chi connectivity index (χ1v) is 10.2. The standard InChI is InChI=1S/C17H17F3N8O2S/c1-6-28(7-2)11-8-9-12(13(10-11)26-31(29,30-20)16(18)19)24-25-17-23-14(21-3)15(22-4)27(17)5/h8-10,16H,6-7H2,1-2,5H3. The summed E-state index contributed by atoms with van der Waals surface area (Å²) in [4.78, 5) is 12.0. The first-order chi connectivity index (χ1) is 14.7. The van der Waals surface area contributed by atoms with Gasteiger partial charge in [0.2, 0.25) is 0 Å². The average molecular weight is 454 g/mol. The highest BCUT2D eigenvalue weighted by Gasteiger charge is 2.26. The van der Waals surface area contributed by atoms with Gasteiger partial charge in [-0.25, -0.2) is 8.78 Å². The minimum atomic E-state index is -4.97. The third kappa shape index (κ3) is 4.99. The van der Waals surface area contributed by atoms with E-state index in [-0.39, 0.29) is 29.0 Å². The third-order valence-corrected chi connectivity index (χ3v) is 5.19. The lowest BCUT2D eigenvalue weighted by atomic mass is 10.2. The molecule has 0 amide bonds. The number of imidazole rings is 1. The maximum Gasteiger partial charge on any atom is 0.416 e. The summed E-state index contributed by atoms with van der Waals surface area (Å²) in [5.41, 5.74) is 0.0688. The highest BCUT2D eigenvalue weighted by atomic mass is 32.2. The van der Waals surface area contributed by atoms with Crippen molar-refractivity contribution in [2.75, 3.05) is 18.0 Å². The molecule has 10 nitrogen and oxygen atoms in total. The van der Waals surface area contributed by atoms with Crippen molar-refractivity contribution in [1.82, 2.24) is 9.55 Å². The third-order valence-electron chi connectivity index (χ3n) is 4.11. The number of anilines is 1. The summed E-state index contributed by atoms with van der Waals surface area (Å²) in [5.74, 6) is -4.06. The molecular weight excluding hydrogens is 437 g/mol. The van der Waals surface area contributed by atoms with Crippen molar-refractivity contribution >= 4 is 44.7 Å². The second kappa shape index (κ2) is 10.0. The summed E-state index contributed by atoms with van der Waals surface area (Å²) in [6, 6.07) is 4.28. The summed E-state index contributed by atoms with van der Waals surface area (Å²) in [5, 5.41) is 7.70. The van der Waals surface area contributed by atoms with Crippen LogP contribution in [0.4, 0.5) is 48.0 Å². The molecule has 0 aliphatic carbocycles. The van der Waals surface area contributed by atoms with Gasteiger partial charge in [0.15, 0.2) is 0 Å². The molecule has 0 radical (unpaired) electrons. The molecule has 0 fully saturated rings. The second-order valence-corrected chi connectivity index (χ2v) is 7.51. The van der Waals surface area contributed by atoms with Gasteiger partial charge in [-0.3, -0.25) is 0 Å². The normalized spacial score (nSPS) is 13.1. The fourth-order valence-corrected chi connectivity index (χ4v) is 3.11. The molecule has 1 atom stereocenters. The molecule has 0 bridgehead atoms. The lowest BCUT2D eigenvalue weighted by Gasteiger charge is -2.21. The number of alkyl halides is 2. The lowest BCUT2D eigenvalue weighted by Crippen LogP contribution is -2.21. The monoisotopic (exact) mass is 454 g/mol. The van der Waals surface area contributed by atoms with E-state index in [0.29, 0.717) is 18.8 Å². The van der Waals surface area contributed by atoms with E-state index in [1.165, 1.54) is 23.7 Å². The van der Waals surface area contributed by atoms with E-state index >= 15 is 0 Å². The van der Waals surface area contributed by atoms with Crippen molar-refractivity contribution in [3.63, 3.8) is 0 Å². The first-order valence-electron chi connectivity index (χ1n) is 8.71. The van der Waals surface area contributed by atoms with E-state index in [0.717, 1.165) is 0 Å². The minimum absolute atomic E-state index is 0.0581. The van der Waals surface area contributed by atoms with E-state index in [4.69, 9.17) is 13.1 Å². The Balaban J connectivity index is 2.65. The maximum atomic E-state index is 13.1. The topological polar surface area (TPSA) is 93.2 Å². The highest BCUT2D eigenvalue weighted by molar-refractivity contribution is 7.89. The minimum Gasteiger partial charge on any atom is -0.373 e. The van der Waals surface area contributed by atoms with E-state index in [1.54, 1.807) is 6.07 Å². The molecule has 0 aliphatic rings. The number of rotatable bonds is 8. The van der Waals surface area contributed by atoms with Gasteiger partial charge in [-0.15, -0.1) is 5.11 Å². The number of aromatic nitrogens is 2. The number of nitrogens with zero attached hydrogens (tertiary/aromatic N) is 8. The number of azo groups is 1. The summed E-state index contributed by atoms with van der Waals surface area (Å²) >= 11 is 0. The molecule has 1 heterocycles. The zero-order valence-corrected chi connectivity index (χ0v) is 17.5. The van der Waals surface area contributed by atoms with Gasteiger partial charge in [0.1, 0.15) is 11.4 Å². The fourth-order valence-electron chi connectivity index (χ4n) is 2.53. The molecule has 0 aliphatic heterocycles. The molecule has 1 unspecified atom stereocenters. The number of hydrogen-bond donors (Lipinski definition) is 0. The van der Waals surface area contributed by atoms with Crippen molar-refractivity contribution in [1.29, 1.82) is 0 Å². The predicted molar refractivity (Wildman–Crippen MR) is 108 cm³/mol. The van der Waals surface area contributed by atoms with Crippen LogP contribution in [0.5, 0.6) is 0 Å². The zero-order valence-electron chi connectivity index (χ0n) is 16.7. The Labute approximate surface area is 176 Å². The van der Waals surface area contributed by atoms with Crippen LogP contribution in [0.1, 0.15) is 13.8 Å². The van der Waals surface area contributed by atoms with Crippen LogP contribution in [-0.4, -0.2) is 32.6 Å². The van der Waals surface area contributed by atoms with Crippen molar-refractivity contribution < 1.29 is 21.9 Å². The van der Waals surface area contributed by atoms with E-state index < -0.39 is 15.8 Å². The van der Waals surface area contributed by atoms with Gasteiger partial charge in [0.25, 0.3) is 21.6 Å². The first kappa shape index (κ1) is 23.8. The number of benzene rings is 1.